The van der Waals surface area contributed by atoms with Crippen LogP contribution in [0.15, 0.2) is 30.5 Å². The van der Waals surface area contributed by atoms with Gasteiger partial charge in [-0.3, -0.25) is 4.79 Å². The highest BCUT2D eigenvalue weighted by Crippen LogP contribution is 2.34. The predicted molar refractivity (Wildman–Crippen MR) is 59.0 cm³/mol. The molecular formula is C11H8Cl2O2. The SMILES string of the molecule is CC1(c2ccc(Cl)c(Cl)c2)C=COC1=O. The molecule has 0 fully saturated rings. The van der Waals surface area contributed by atoms with Gasteiger partial charge in [0.25, 0.3) is 0 Å². The van der Waals surface area contributed by atoms with E-state index >= 15 is 0 Å². The summed E-state index contributed by atoms with van der Waals surface area (Å²) in [6.45, 7) is 1.78. The van der Waals surface area contributed by atoms with E-state index in [1.807, 2.05) is 0 Å². The molecule has 0 bridgehead atoms. The van der Waals surface area contributed by atoms with Gasteiger partial charge in [0.15, 0.2) is 0 Å². The van der Waals surface area contributed by atoms with E-state index in [-0.39, 0.29) is 5.97 Å². The zero-order valence-corrected chi connectivity index (χ0v) is 9.47. The zero-order chi connectivity index (χ0) is 11.1. The summed E-state index contributed by atoms with van der Waals surface area (Å²) in [7, 11) is 0. The number of benzene rings is 1. The first-order valence-corrected chi connectivity index (χ1v) is 5.14. The molecule has 1 unspecified atom stereocenters. The summed E-state index contributed by atoms with van der Waals surface area (Å²) < 4.78 is 4.80. The van der Waals surface area contributed by atoms with Crippen LogP contribution in [0.3, 0.4) is 0 Å². The van der Waals surface area contributed by atoms with Gasteiger partial charge < -0.3 is 4.74 Å². The van der Waals surface area contributed by atoms with Crippen LogP contribution in [-0.4, -0.2) is 5.97 Å². The van der Waals surface area contributed by atoms with E-state index in [0.29, 0.717) is 10.0 Å². The monoisotopic (exact) mass is 242 g/mol. The molecule has 0 N–H and O–H groups in total. The summed E-state index contributed by atoms with van der Waals surface area (Å²) in [6.07, 6.45) is 3.10. The lowest BCUT2D eigenvalue weighted by atomic mass is 9.84. The Bertz CT molecular complexity index is 454. The fourth-order valence-electron chi connectivity index (χ4n) is 1.46. The van der Waals surface area contributed by atoms with Crippen molar-refractivity contribution in [1.29, 1.82) is 0 Å². The third-order valence-corrected chi connectivity index (χ3v) is 3.26. The molecular weight excluding hydrogens is 235 g/mol. The summed E-state index contributed by atoms with van der Waals surface area (Å²) in [6, 6.07) is 5.12. The third kappa shape index (κ3) is 1.64. The number of cyclic esters (lactones) is 1. The lowest BCUT2D eigenvalue weighted by molar-refractivity contribution is -0.139. The fourth-order valence-corrected chi connectivity index (χ4v) is 1.75. The number of carbonyl (C=O) groups excluding carboxylic acids is 1. The molecule has 2 rings (SSSR count). The van der Waals surface area contributed by atoms with Crippen LogP contribution in [0.1, 0.15) is 12.5 Å². The van der Waals surface area contributed by atoms with Gasteiger partial charge in [0, 0.05) is 0 Å². The molecule has 0 aliphatic carbocycles. The van der Waals surface area contributed by atoms with E-state index in [1.54, 1.807) is 31.2 Å². The minimum absolute atomic E-state index is 0.305. The maximum Gasteiger partial charge on any atom is 0.325 e. The highest BCUT2D eigenvalue weighted by molar-refractivity contribution is 6.42. The number of ether oxygens (including phenoxy) is 1. The highest BCUT2D eigenvalue weighted by Gasteiger charge is 2.38. The quantitative estimate of drug-likeness (QED) is 0.707. The largest absolute Gasteiger partial charge is 0.434 e. The topological polar surface area (TPSA) is 26.3 Å². The minimum atomic E-state index is -0.756. The van der Waals surface area contributed by atoms with Crippen molar-refractivity contribution in [2.45, 2.75) is 12.3 Å². The number of hydrogen-bond acceptors (Lipinski definition) is 2. The van der Waals surface area contributed by atoms with Crippen LogP contribution in [0, 0.1) is 0 Å². The molecule has 1 aromatic carbocycles. The molecule has 1 heterocycles. The van der Waals surface area contributed by atoms with Crippen molar-refractivity contribution in [2.24, 2.45) is 0 Å². The van der Waals surface area contributed by atoms with Crippen LogP contribution in [0.25, 0.3) is 0 Å². The molecule has 0 amide bonds. The van der Waals surface area contributed by atoms with Gasteiger partial charge in [-0.2, -0.15) is 0 Å². The molecule has 0 aromatic heterocycles. The maximum atomic E-state index is 11.5. The van der Waals surface area contributed by atoms with Crippen molar-refractivity contribution in [3.8, 4) is 0 Å². The van der Waals surface area contributed by atoms with Crippen LogP contribution in [0.4, 0.5) is 0 Å². The first kappa shape index (κ1) is 10.5. The van der Waals surface area contributed by atoms with Crippen molar-refractivity contribution >= 4 is 29.2 Å². The second kappa shape index (κ2) is 3.54. The van der Waals surface area contributed by atoms with E-state index in [1.165, 1.54) is 6.26 Å². The van der Waals surface area contributed by atoms with Crippen molar-refractivity contribution in [2.75, 3.05) is 0 Å². The van der Waals surface area contributed by atoms with Gasteiger partial charge in [-0.1, -0.05) is 29.3 Å². The molecule has 15 heavy (non-hydrogen) atoms. The lowest BCUT2D eigenvalue weighted by Gasteiger charge is -2.18. The van der Waals surface area contributed by atoms with Crippen LogP contribution in [0.2, 0.25) is 10.0 Å². The van der Waals surface area contributed by atoms with Crippen LogP contribution in [0.5, 0.6) is 0 Å². The Kier molecular flexibility index (Phi) is 2.49. The highest BCUT2D eigenvalue weighted by atomic mass is 35.5. The van der Waals surface area contributed by atoms with Crippen molar-refractivity contribution in [3.05, 3.63) is 46.1 Å². The van der Waals surface area contributed by atoms with Gasteiger partial charge in [0.05, 0.1) is 16.3 Å². The Morgan fingerprint density at radius 3 is 2.53 bits per heavy atom. The van der Waals surface area contributed by atoms with E-state index in [9.17, 15) is 4.79 Å². The van der Waals surface area contributed by atoms with E-state index in [0.717, 1.165) is 5.56 Å². The van der Waals surface area contributed by atoms with Gasteiger partial charge in [0.2, 0.25) is 0 Å². The fraction of sp³-hybridized carbons (Fsp3) is 0.182. The van der Waals surface area contributed by atoms with Crippen LogP contribution < -0.4 is 0 Å². The van der Waals surface area contributed by atoms with E-state index in [2.05, 4.69) is 0 Å². The number of carbonyl (C=O) groups is 1. The Morgan fingerprint density at radius 1 is 1.27 bits per heavy atom. The molecule has 0 radical (unpaired) electrons. The minimum Gasteiger partial charge on any atom is -0.434 e. The summed E-state index contributed by atoms with van der Waals surface area (Å²) in [5, 5.41) is 0.905. The molecule has 1 aliphatic rings. The summed E-state index contributed by atoms with van der Waals surface area (Å²) >= 11 is 11.7. The first-order chi connectivity index (χ1) is 7.04. The molecule has 0 spiro atoms. The molecule has 0 saturated heterocycles. The molecule has 2 nitrogen and oxygen atoms in total. The van der Waals surface area contributed by atoms with Gasteiger partial charge in [-0.05, 0) is 30.7 Å². The Balaban J connectivity index is 2.50. The molecule has 1 aliphatic heterocycles. The third-order valence-electron chi connectivity index (χ3n) is 2.52. The first-order valence-electron chi connectivity index (χ1n) is 4.38. The van der Waals surface area contributed by atoms with Crippen molar-refractivity contribution in [1.82, 2.24) is 0 Å². The number of rotatable bonds is 1. The van der Waals surface area contributed by atoms with Crippen molar-refractivity contribution in [3.63, 3.8) is 0 Å². The van der Waals surface area contributed by atoms with Crippen LogP contribution in [-0.2, 0) is 14.9 Å². The normalized spacial score (nSPS) is 24.3. The van der Waals surface area contributed by atoms with Crippen LogP contribution >= 0.6 is 23.2 Å². The molecule has 4 heteroatoms. The molecule has 1 aromatic rings. The standard InChI is InChI=1S/C11H8Cl2O2/c1-11(4-5-15-10(11)14)7-2-3-8(12)9(13)6-7/h2-6H,1H3. The average molecular weight is 243 g/mol. The van der Waals surface area contributed by atoms with Gasteiger partial charge in [-0.25, -0.2) is 0 Å². The zero-order valence-electron chi connectivity index (χ0n) is 7.96. The maximum absolute atomic E-state index is 11.5. The Morgan fingerprint density at radius 2 is 2.00 bits per heavy atom. The van der Waals surface area contributed by atoms with Gasteiger partial charge >= 0.3 is 5.97 Å². The van der Waals surface area contributed by atoms with Gasteiger partial charge in [-0.15, -0.1) is 0 Å². The van der Waals surface area contributed by atoms with Gasteiger partial charge in [0.1, 0.15) is 5.41 Å². The summed E-state index contributed by atoms with van der Waals surface area (Å²) in [5.74, 6) is -0.305. The summed E-state index contributed by atoms with van der Waals surface area (Å²) in [5.41, 5.74) is 0.0180. The number of halogens is 2. The molecule has 78 valence electrons. The van der Waals surface area contributed by atoms with E-state index in [4.69, 9.17) is 27.9 Å². The van der Waals surface area contributed by atoms with Crippen molar-refractivity contribution < 1.29 is 9.53 Å². The number of hydrogen-bond donors (Lipinski definition) is 0. The second-order valence-electron chi connectivity index (χ2n) is 3.54. The average Bonchev–Trinajstić information content (AvgIpc) is 2.53. The Hall–Kier alpha value is -0.990. The number of esters is 1. The Labute approximate surface area is 97.4 Å². The van der Waals surface area contributed by atoms with E-state index < -0.39 is 5.41 Å². The summed E-state index contributed by atoms with van der Waals surface area (Å²) in [4.78, 5) is 11.5. The second-order valence-corrected chi connectivity index (χ2v) is 4.35. The smallest absolute Gasteiger partial charge is 0.325 e. The lowest BCUT2D eigenvalue weighted by Crippen LogP contribution is -2.27. The predicted octanol–water partition coefficient (Wildman–Crippen LogP) is 3.32. The molecule has 1 atom stereocenters. The molecule has 0 saturated carbocycles.